The van der Waals surface area contributed by atoms with Crippen LogP contribution in [0.5, 0.6) is 0 Å². The molecule has 1 rings (SSSR count). The van der Waals surface area contributed by atoms with Gasteiger partial charge in [-0.15, -0.1) is 0 Å². The highest BCUT2D eigenvalue weighted by Crippen LogP contribution is 2.17. The van der Waals surface area contributed by atoms with E-state index in [4.69, 9.17) is 5.73 Å². The summed E-state index contributed by atoms with van der Waals surface area (Å²) in [5.74, 6) is -0.0950. The van der Waals surface area contributed by atoms with E-state index in [0.29, 0.717) is 13.0 Å². The Kier molecular flexibility index (Phi) is 5.35. The van der Waals surface area contributed by atoms with Gasteiger partial charge in [-0.3, -0.25) is 4.79 Å². The summed E-state index contributed by atoms with van der Waals surface area (Å²) in [6.45, 7) is 8.47. The van der Waals surface area contributed by atoms with E-state index >= 15 is 0 Å². The van der Waals surface area contributed by atoms with Crippen molar-refractivity contribution in [1.29, 1.82) is 0 Å². The van der Waals surface area contributed by atoms with Crippen LogP contribution in [0, 0.1) is 19.8 Å². The third-order valence-corrected chi connectivity index (χ3v) is 3.18. The van der Waals surface area contributed by atoms with Gasteiger partial charge in [-0.05, 0) is 50.8 Å². The maximum absolute atomic E-state index is 12.0. The summed E-state index contributed by atoms with van der Waals surface area (Å²) in [7, 11) is 0. The molecule has 0 saturated heterocycles. The normalized spacial score (nSPS) is 12.6. The van der Waals surface area contributed by atoms with Gasteiger partial charge in [-0.2, -0.15) is 0 Å². The molecule has 1 aromatic carbocycles. The van der Waals surface area contributed by atoms with Crippen molar-refractivity contribution in [2.24, 2.45) is 11.7 Å². The molecule has 0 saturated carbocycles. The molecule has 18 heavy (non-hydrogen) atoms. The third kappa shape index (κ3) is 3.84. The van der Waals surface area contributed by atoms with Gasteiger partial charge >= 0.3 is 0 Å². The van der Waals surface area contributed by atoms with Crippen molar-refractivity contribution in [1.82, 2.24) is 5.32 Å². The number of carbonyl (C=O) groups excluding carboxylic acids is 1. The summed E-state index contributed by atoms with van der Waals surface area (Å²) in [5.41, 5.74) is 9.43. The highest BCUT2D eigenvalue weighted by atomic mass is 16.1. The maximum atomic E-state index is 12.0. The van der Waals surface area contributed by atoms with E-state index in [1.54, 1.807) is 0 Å². The first-order chi connectivity index (χ1) is 8.45. The van der Waals surface area contributed by atoms with Crippen LogP contribution in [0.2, 0.25) is 0 Å². The highest BCUT2D eigenvalue weighted by molar-refractivity contribution is 5.79. The third-order valence-electron chi connectivity index (χ3n) is 3.18. The quantitative estimate of drug-likeness (QED) is 0.836. The molecule has 0 heterocycles. The van der Waals surface area contributed by atoms with Crippen LogP contribution in [0.1, 0.15) is 30.5 Å². The van der Waals surface area contributed by atoms with Crippen molar-refractivity contribution in [2.75, 3.05) is 6.54 Å². The van der Waals surface area contributed by atoms with Crippen molar-refractivity contribution >= 4 is 5.91 Å². The molecule has 0 aliphatic heterocycles. The van der Waals surface area contributed by atoms with Crippen LogP contribution in [0.3, 0.4) is 0 Å². The van der Waals surface area contributed by atoms with E-state index in [9.17, 15) is 4.79 Å². The number of carbonyl (C=O) groups is 1. The van der Waals surface area contributed by atoms with Crippen molar-refractivity contribution in [3.8, 4) is 0 Å². The fourth-order valence-corrected chi connectivity index (χ4v) is 2.10. The second kappa shape index (κ2) is 6.55. The van der Waals surface area contributed by atoms with E-state index in [-0.39, 0.29) is 17.9 Å². The van der Waals surface area contributed by atoms with E-state index in [1.807, 2.05) is 19.9 Å². The number of hydrogen-bond donors (Lipinski definition) is 2. The molecule has 100 valence electrons. The van der Waals surface area contributed by atoms with Crippen LogP contribution in [0.4, 0.5) is 0 Å². The molecule has 0 aliphatic carbocycles. The molecule has 0 spiro atoms. The minimum Gasteiger partial charge on any atom is -0.354 e. The lowest BCUT2D eigenvalue weighted by Gasteiger charge is -2.19. The number of aryl methyl sites for hydroxylation is 2. The van der Waals surface area contributed by atoms with Gasteiger partial charge in [0.25, 0.3) is 0 Å². The fraction of sp³-hybridized carbons (Fsp3) is 0.533. The molecule has 1 unspecified atom stereocenters. The second-order valence-corrected chi connectivity index (χ2v) is 5.17. The predicted molar refractivity (Wildman–Crippen MR) is 75.4 cm³/mol. The van der Waals surface area contributed by atoms with Gasteiger partial charge in [-0.25, -0.2) is 0 Å². The molecule has 0 aliphatic rings. The summed E-state index contributed by atoms with van der Waals surface area (Å²) in [6, 6.07) is 6.36. The Morgan fingerprint density at radius 3 is 2.28 bits per heavy atom. The summed E-state index contributed by atoms with van der Waals surface area (Å²) >= 11 is 0. The minimum absolute atomic E-state index is 0.0511. The second-order valence-electron chi connectivity index (χ2n) is 5.17. The minimum atomic E-state index is -0.146. The number of hydrogen-bond acceptors (Lipinski definition) is 2. The van der Waals surface area contributed by atoms with Crippen LogP contribution in [0.25, 0.3) is 0 Å². The van der Waals surface area contributed by atoms with Crippen molar-refractivity contribution in [3.63, 3.8) is 0 Å². The first kappa shape index (κ1) is 14.7. The van der Waals surface area contributed by atoms with Crippen LogP contribution >= 0.6 is 0 Å². The zero-order valence-corrected chi connectivity index (χ0v) is 11.8. The Morgan fingerprint density at radius 1 is 1.28 bits per heavy atom. The van der Waals surface area contributed by atoms with Crippen molar-refractivity contribution in [2.45, 2.75) is 40.2 Å². The summed E-state index contributed by atoms with van der Waals surface area (Å²) < 4.78 is 0. The molecule has 3 nitrogen and oxygen atoms in total. The lowest BCUT2D eigenvalue weighted by molar-refractivity contribution is -0.125. The average molecular weight is 248 g/mol. The number of benzene rings is 1. The number of nitrogens with two attached hydrogens (primary N) is 1. The molecule has 1 amide bonds. The van der Waals surface area contributed by atoms with Gasteiger partial charge in [0.05, 0.1) is 5.92 Å². The molecule has 0 bridgehead atoms. The van der Waals surface area contributed by atoms with E-state index < -0.39 is 0 Å². The van der Waals surface area contributed by atoms with E-state index in [1.165, 1.54) is 16.7 Å². The summed E-state index contributed by atoms with van der Waals surface area (Å²) in [5, 5.41) is 2.93. The molecular weight excluding hydrogens is 224 g/mol. The first-order valence-electron chi connectivity index (χ1n) is 6.51. The van der Waals surface area contributed by atoms with Crippen LogP contribution in [-0.4, -0.2) is 18.5 Å². The van der Waals surface area contributed by atoms with Gasteiger partial charge in [-0.1, -0.05) is 18.2 Å². The molecular formula is C15H24N2O. The standard InChI is InChI=1S/C15H24N2O/c1-10(2)17-15(18)13(9-16)8-14-11(3)6-5-7-12(14)4/h5-7,10,13H,8-9,16H2,1-4H3,(H,17,18). The Hall–Kier alpha value is -1.35. The smallest absolute Gasteiger partial charge is 0.224 e. The van der Waals surface area contributed by atoms with E-state index in [2.05, 4.69) is 31.3 Å². The summed E-state index contributed by atoms with van der Waals surface area (Å²) in [6.07, 6.45) is 0.716. The molecule has 3 heteroatoms. The Labute approximate surface area is 110 Å². The lowest BCUT2D eigenvalue weighted by Crippen LogP contribution is -2.39. The highest BCUT2D eigenvalue weighted by Gasteiger charge is 2.19. The van der Waals surface area contributed by atoms with Gasteiger partial charge in [0.1, 0.15) is 0 Å². The Morgan fingerprint density at radius 2 is 1.83 bits per heavy atom. The van der Waals surface area contributed by atoms with Gasteiger partial charge < -0.3 is 11.1 Å². The maximum Gasteiger partial charge on any atom is 0.224 e. The topological polar surface area (TPSA) is 55.1 Å². The average Bonchev–Trinajstić information content (AvgIpc) is 2.27. The van der Waals surface area contributed by atoms with E-state index in [0.717, 1.165) is 0 Å². The predicted octanol–water partition coefficient (Wildman–Crippen LogP) is 1.95. The van der Waals surface area contributed by atoms with Crippen LogP contribution in [0.15, 0.2) is 18.2 Å². The van der Waals surface area contributed by atoms with Gasteiger partial charge in [0.2, 0.25) is 5.91 Å². The Bertz CT molecular complexity index is 393. The summed E-state index contributed by atoms with van der Waals surface area (Å²) in [4.78, 5) is 12.0. The first-order valence-corrected chi connectivity index (χ1v) is 6.51. The molecule has 1 aromatic rings. The number of nitrogens with one attached hydrogen (secondary N) is 1. The SMILES string of the molecule is Cc1cccc(C)c1CC(CN)C(=O)NC(C)C. The lowest BCUT2D eigenvalue weighted by atomic mass is 9.92. The molecule has 0 radical (unpaired) electrons. The van der Waals surface area contributed by atoms with Crippen LogP contribution < -0.4 is 11.1 Å². The molecule has 0 fully saturated rings. The number of amides is 1. The zero-order chi connectivity index (χ0) is 13.7. The molecule has 3 N–H and O–H groups in total. The van der Waals surface area contributed by atoms with Gasteiger partial charge in [0.15, 0.2) is 0 Å². The largest absolute Gasteiger partial charge is 0.354 e. The Balaban J connectivity index is 2.83. The van der Waals surface area contributed by atoms with Crippen molar-refractivity contribution in [3.05, 3.63) is 34.9 Å². The molecule has 0 aromatic heterocycles. The monoisotopic (exact) mass is 248 g/mol. The van der Waals surface area contributed by atoms with Gasteiger partial charge in [0, 0.05) is 12.6 Å². The van der Waals surface area contributed by atoms with Crippen LogP contribution in [-0.2, 0) is 11.2 Å². The zero-order valence-electron chi connectivity index (χ0n) is 11.8. The van der Waals surface area contributed by atoms with Crippen molar-refractivity contribution < 1.29 is 4.79 Å². The number of rotatable bonds is 5. The fourth-order valence-electron chi connectivity index (χ4n) is 2.10. The molecule has 1 atom stereocenters.